The number of carboxylic acids is 1. The first kappa shape index (κ1) is 22.1. The molecule has 4 nitrogen and oxygen atoms in total. The van der Waals surface area contributed by atoms with Gasteiger partial charge in [-0.05, 0) is 73.9 Å². The van der Waals surface area contributed by atoms with E-state index in [1.165, 1.54) is 12.1 Å². The summed E-state index contributed by atoms with van der Waals surface area (Å²) in [5.41, 5.74) is 1.34. The number of carbonyl (C=O) groups excluding carboxylic acids is 1. The number of allylic oxidation sites excluding steroid dienone is 1. The summed E-state index contributed by atoms with van der Waals surface area (Å²) in [7, 11) is 0. The van der Waals surface area contributed by atoms with Gasteiger partial charge in [-0.3, -0.25) is 9.59 Å². The molecule has 0 aliphatic heterocycles. The summed E-state index contributed by atoms with van der Waals surface area (Å²) in [5, 5.41) is 12.3. The molecule has 0 unspecified atom stereocenters. The summed E-state index contributed by atoms with van der Waals surface area (Å²) < 4.78 is 38.8. The highest BCUT2D eigenvalue weighted by Crippen LogP contribution is 2.48. The van der Waals surface area contributed by atoms with E-state index in [0.717, 1.165) is 42.5 Å². The van der Waals surface area contributed by atoms with Gasteiger partial charge in [0.15, 0.2) is 0 Å². The van der Waals surface area contributed by atoms with E-state index in [4.69, 9.17) is 0 Å². The number of hydrogen-bond donors (Lipinski definition) is 2. The molecule has 2 aliphatic carbocycles. The summed E-state index contributed by atoms with van der Waals surface area (Å²) in [6, 6.07) is 11.9. The van der Waals surface area contributed by atoms with Crippen LogP contribution < -0.4 is 5.32 Å². The number of halogens is 3. The molecule has 0 spiro atoms. The first-order valence-corrected chi connectivity index (χ1v) is 10.7. The lowest BCUT2D eigenvalue weighted by Crippen LogP contribution is -2.23. The van der Waals surface area contributed by atoms with E-state index in [-0.39, 0.29) is 5.91 Å². The van der Waals surface area contributed by atoms with Gasteiger partial charge in [0, 0.05) is 5.69 Å². The van der Waals surface area contributed by atoms with E-state index in [1.54, 1.807) is 18.2 Å². The molecule has 2 aromatic rings. The van der Waals surface area contributed by atoms with Crippen LogP contribution in [0.4, 0.5) is 18.9 Å². The molecule has 0 radical (unpaired) electrons. The van der Waals surface area contributed by atoms with Crippen molar-refractivity contribution in [1.29, 1.82) is 0 Å². The Morgan fingerprint density at radius 1 is 1.09 bits per heavy atom. The van der Waals surface area contributed by atoms with E-state index in [9.17, 15) is 27.9 Å². The highest BCUT2D eigenvalue weighted by atomic mass is 19.4. The summed E-state index contributed by atoms with van der Waals surface area (Å²) in [6.07, 6.45) is 1.71. The van der Waals surface area contributed by atoms with Gasteiger partial charge < -0.3 is 10.4 Å². The molecule has 1 saturated carbocycles. The van der Waals surface area contributed by atoms with Crippen LogP contribution in [-0.4, -0.2) is 17.0 Å². The average molecular weight is 443 g/mol. The highest BCUT2D eigenvalue weighted by molar-refractivity contribution is 5.98. The Morgan fingerprint density at radius 3 is 2.38 bits per heavy atom. The number of amides is 1. The fourth-order valence-corrected chi connectivity index (χ4v) is 4.34. The van der Waals surface area contributed by atoms with Gasteiger partial charge >= 0.3 is 12.1 Å². The molecule has 1 atom stereocenters. The summed E-state index contributed by atoms with van der Waals surface area (Å²) in [6.45, 7) is 0. The number of alkyl halides is 3. The van der Waals surface area contributed by atoms with Gasteiger partial charge in [-0.2, -0.15) is 13.2 Å². The van der Waals surface area contributed by atoms with E-state index < -0.39 is 29.0 Å². The number of nitrogens with one attached hydrogen (secondary N) is 1. The van der Waals surface area contributed by atoms with E-state index in [2.05, 4.69) is 5.32 Å². The Kier molecular flexibility index (Phi) is 5.84. The van der Waals surface area contributed by atoms with Crippen molar-refractivity contribution in [1.82, 2.24) is 0 Å². The molecule has 1 amide bonds. The molecule has 4 rings (SSSR count). The number of rotatable bonds is 7. The molecule has 2 aromatic carbocycles. The Labute approximate surface area is 184 Å². The maximum atomic E-state index is 13.2. The van der Waals surface area contributed by atoms with Gasteiger partial charge in [-0.25, -0.2) is 0 Å². The number of anilines is 1. The molecule has 2 N–H and O–H groups in total. The van der Waals surface area contributed by atoms with Gasteiger partial charge in [0.1, 0.15) is 0 Å². The number of carbonyl (C=O) groups is 2. The molecule has 168 valence electrons. The van der Waals surface area contributed by atoms with Crippen molar-refractivity contribution >= 4 is 17.6 Å². The van der Waals surface area contributed by atoms with Gasteiger partial charge in [0.05, 0.1) is 16.9 Å². The van der Waals surface area contributed by atoms with Crippen molar-refractivity contribution in [2.24, 2.45) is 5.41 Å². The second-order valence-corrected chi connectivity index (χ2v) is 8.68. The Balaban J connectivity index is 1.55. The van der Waals surface area contributed by atoms with Gasteiger partial charge in [-0.1, -0.05) is 35.9 Å². The van der Waals surface area contributed by atoms with Crippen molar-refractivity contribution in [2.75, 3.05) is 5.32 Å². The third-order valence-electron chi connectivity index (χ3n) is 6.32. The SMILES string of the molecule is O=C(Nc1cccc(CC2(C(=O)O)CC2)c1)[C@@H](C1=CCCC1)c1ccc(C(F)(F)F)cc1. The first-order chi connectivity index (χ1) is 15.2. The van der Waals surface area contributed by atoms with Crippen LogP contribution in [0.25, 0.3) is 0 Å². The lowest BCUT2D eigenvalue weighted by atomic mass is 9.89. The second-order valence-electron chi connectivity index (χ2n) is 8.68. The zero-order valence-corrected chi connectivity index (χ0v) is 17.4. The maximum Gasteiger partial charge on any atom is 0.416 e. The van der Waals surface area contributed by atoms with Crippen molar-refractivity contribution < 1.29 is 27.9 Å². The normalized spacial score (nSPS) is 18.0. The van der Waals surface area contributed by atoms with Gasteiger partial charge in [0.25, 0.3) is 0 Å². The maximum absolute atomic E-state index is 13.2. The van der Waals surface area contributed by atoms with Crippen molar-refractivity contribution in [3.05, 3.63) is 76.9 Å². The predicted octanol–water partition coefficient (Wildman–Crippen LogP) is 5.95. The molecule has 7 heteroatoms. The molecule has 0 saturated heterocycles. The molecule has 0 bridgehead atoms. The smallest absolute Gasteiger partial charge is 0.416 e. The van der Waals surface area contributed by atoms with Crippen LogP contribution in [0.3, 0.4) is 0 Å². The quantitative estimate of drug-likeness (QED) is 0.520. The van der Waals surface area contributed by atoms with Crippen molar-refractivity contribution in [3.8, 4) is 0 Å². The number of carboxylic acid groups (broad SMARTS) is 1. The summed E-state index contributed by atoms with van der Waals surface area (Å²) in [5.74, 6) is -1.78. The zero-order chi connectivity index (χ0) is 22.9. The Morgan fingerprint density at radius 2 is 1.81 bits per heavy atom. The molecular weight excluding hydrogens is 419 g/mol. The number of benzene rings is 2. The van der Waals surface area contributed by atoms with Crippen LogP contribution >= 0.6 is 0 Å². The van der Waals surface area contributed by atoms with Crippen LogP contribution in [0.15, 0.2) is 60.2 Å². The Hall–Kier alpha value is -3.09. The summed E-state index contributed by atoms with van der Waals surface area (Å²) in [4.78, 5) is 24.7. The van der Waals surface area contributed by atoms with Crippen LogP contribution in [-0.2, 0) is 22.2 Å². The first-order valence-electron chi connectivity index (χ1n) is 10.7. The third kappa shape index (κ3) is 4.71. The minimum atomic E-state index is -4.43. The average Bonchev–Trinajstić information content (AvgIpc) is 3.33. The largest absolute Gasteiger partial charge is 0.481 e. The highest BCUT2D eigenvalue weighted by Gasteiger charge is 2.49. The molecular formula is C25H24F3NO3. The number of aliphatic carboxylic acids is 1. The second kappa shape index (κ2) is 8.45. The minimum Gasteiger partial charge on any atom is -0.481 e. The Bertz CT molecular complexity index is 1050. The topological polar surface area (TPSA) is 66.4 Å². The van der Waals surface area contributed by atoms with Crippen LogP contribution in [0.1, 0.15) is 54.7 Å². The van der Waals surface area contributed by atoms with Crippen LogP contribution in [0.2, 0.25) is 0 Å². The standard InChI is InChI=1S/C25H24F3NO3/c26-25(27,28)19-10-8-18(9-11-19)21(17-5-1-2-6-17)22(30)29-20-7-3-4-16(14-20)15-24(12-13-24)23(31)32/h3-5,7-11,14,21H,1-2,6,12-13,15H2,(H,29,30)(H,31,32)/t21-/m0/s1. The summed E-state index contributed by atoms with van der Waals surface area (Å²) >= 11 is 0. The van der Waals surface area contributed by atoms with Crippen LogP contribution in [0.5, 0.6) is 0 Å². The van der Waals surface area contributed by atoms with E-state index in [0.29, 0.717) is 30.5 Å². The monoisotopic (exact) mass is 443 g/mol. The van der Waals surface area contributed by atoms with E-state index >= 15 is 0 Å². The van der Waals surface area contributed by atoms with Gasteiger partial charge in [0.2, 0.25) is 5.91 Å². The van der Waals surface area contributed by atoms with Gasteiger partial charge in [-0.15, -0.1) is 0 Å². The van der Waals surface area contributed by atoms with Crippen LogP contribution in [0, 0.1) is 5.41 Å². The lowest BCUT2D eigenvalue weighted by molar-refractivity contribution is -0.143. The third-order valence-corrected chi connectivity index (χ3v) is 6.32. The molecule has 2 aliphatic rings. The van der Waals surface area contributed by atoms with E-state index in [1.807, 2.05) is 12.1 Å². The minimum absolute atomic E-state index is 0.311. The molecule has 32 heavy (non-hydrogen) atoms. The molecule has 0 aromatic heterocycles. The fraction of sp³-hybridized carbons (Fsp3) is 0.360. The predicted molar refractivity (Wildman–Crippen MR) is 114 cm³/mol. The zero-order valence-electron chi connectivity index (χ0n) is 17.4. The fourth-order valence-electron chi connectivity index (χ4n) is 4.34. The molecule has 0 heterocycles. The van der Waals surface area contributed by atoms with Crippen molar-refractivity contribution in [2.45, 2.75) is 50.6 Å². The molecule has 1 fully saturated rings. The van der Waals surface area contributed by atoms with Crippen molar-refractivity contribution in [3.63, 3.8) is 0 Å². The lowest BCUT2D eigenvalue weighted by Gasteiger charge is -2.20. The number of hydrogen-bond acceptors (Lipinski definition) is 2.